The van der Waals surface area contributed by atoms with Crippen LogP contribution in [0.1, 0.15) is 21.1 Å². The first-order valence-electron chi connectivity index (χ1n) is 6.01. The first-order chi connectivity index (χ1) is 9.22. The van der Waals surface area contributed by atoms with Crippen LogP contribution in [0.3, 0.4) is 0 Å². The fraction of sp³-hybridized carbons (Fsp3) is 0.133. The molecule has 19 heavy (non-hydrogen) atoms. The Morgan fingerprint density at radius 1 is 1.32 bits per heavy atom. The summed E-state index contributed by atoms with van der Waals surface area (Å²) in [7, 11) is 0. The highest BCUT2D eigenvalue weighted by Gasteiger charge is 2.10. The maximum Gasteiger partial charge on any atom is 0.168 e. The lowest BCUT2D eigenvalue weighted by Gasteiger charge is -2.01. The van der Waals surface area contributed by atoms with E-state index in [2.05, 4.69) is 9.97 Å². The number of benzene rings is 1. The molecule has 0 N–H and O–H groups in total. The Kier molecular flexibility index (Phi) is 3.09. The van der Waals surface area contributed by atoms with Crippen LogP contribution in [0, 0.1) is 6.92 Å². The highest BCUT2D eigenvalue weighted by Crippen LogP contribution is 2.16. The van der Waals surface area contributed by atoms with Crippen molar-refractivity contribution in [3.05, 3.63) is 58.2 Å². The summed E-state index contributed by atoms with van der Waals surface area (Å²) in [5.41, 5.74) is 2.47. The number of pyridine rings is 1. The van der Waals surface area contributed by atoms with Crippen LogP contribution in [0.5, 0.6) is 0 Å². The van der Waals surface area contributed by atoms with E-state index in [0.29, 0.717) is 12.0 Å². The van der Waals surface area contributed by atoms with E-state index in [4.69, 9.17) is 0 Å². The van der Waals surface area contributed by atoms with Crippen molar-refractivity contribution >= 4 is 28.0 Å². The smallest absolute Gasteiger partial charge is 0.168 e. The second-order valence-electron chi connectivity index (χ2n) is 4.37. The van der Waals surface area contributed by atoms with E-state index in [9.17, 15) is 4.79 Å². The number of fused-ring (bicyclic) bond motifs is 1. The van der Waals surface area contributed by atoms with Crippen molar-refractivity contribution < 1.29 is 4.79 Å². The van der Waals surface area contributed by atoms with Crippen molar-refractivity contribution in [3.8, 4) is 0 Å². The van der Waals surface area contributed by atoms with Gasteiger partial charge in [-0.15, -0.1) is 11.3 Å². The lowest BCUT2D eigenvalue weighted by molar-refractivity contribution is 0.0992. The summed E-state index contributed by atoms with van der Waals surface area (Å²) in [6.45, 7) is 1.94. The molecule has 0 radical (unpaired) electrons. The third kappa shape index (κ3) is 2.53. The number of carbonyl (C=O) groups excluding carboxylic acids is 1. The van der Waals surface area contributed by atoms with E-state index in [-0.39, 0.29) is 5.78 Å². The van der Waals surface area contributed by atoms with E-state index in [0.717, 1.165) is 21.6 Å². The molecule has 0 fully saturated rings. The van der Waals surface area contributed by atoms with Crippen molar-refractivity contribution in [3.63, 3.8) is 0 Å². The van der Waals surface area contributed by atoms with Gasteiger partial charge in [-0.05, 0) is 31.2 Å². The molecular formula is C15H12N2OS. The van der Waals surface area contributed by atoms with Crippen LogP contribution in [0.25, 0.3) is 10.9 Å². The number of hydrogen-bond donors (Lipinski definition) is 0. The minimum absolute atomic E-state index is 0.0936. The van der Waals surface area contributed by atoms with Crippen LogP contribution >= 0.6 is 11.3 Å². The second kappa shape index (κ2) is 4.90. The zero-order chi connectivity index (χ0) is 13.2. The Morgan fingerprint density at radius 2 is 2.21 bits per heavy atom. The van der Waals surface area contributed by atoms with E-state index >= 15 is 0 Å². The van der Waals surface area contributed by atoms with Gasteiger partial charge in [-0.2, -0.15) is 0 Å². The lowest BCUT2D eigenvalue weighted by atomic mass is 10.0. The third-order valence-corrected chi connectivity index (χ3v) is 3.76. The molecular weight excluding hydrogens is 256 g/mol. The summed E-state index contributed by atoms with van der Waals surface area (Å²) in [5.74, 6) is 0.0936. The molecule has 0 amide bonds. The van der Waals surface area contributed by atoms with Gasteiger partial charge in [0.15, 0.2) is 5.78 Å². The molecule has 0 saturated carbocycles. The Morgan fingerprint density at radius 3 is 3.00 bits per heavy atom. The van der Waals surface area contributed by atoms with Crippen LogP contribution in [0.15, 0.2) is 41.9 Å². The first kappa shape index (κ1) is 12.0. The lowest BCUT2D eigenvalue weighted by Crippen LogP contribution is -2.03. The molecule has 3 aromatic rings. The topological polar surface area (TPSA) is 42.9 Å². The highest BCUT2D eigenvalue weighted by molar-refractivity contribution is 7.09. The quantitative estimate of drug-likeness (QED) is 0.683. The first-order valence-corrected chi connectivity index (χ1v) is 6.89. The molecule has 1 aromatic carbocycles. The number of hydrogen-bond acceptors (Lipinski definition) is 4. The maximum atomic E-state index is 12.2. The highest BCUT2D eigenvalue weighted by atomic mass is 32.1. The average Bonchev–Trinajstić information content (AvgIpc) is 2.83. The van der Waals surface area contributed by atoms with Crippen LogP contribution in [-0.2, 0) is 6.42 Å². The predicted molar refractivity (Wildman–Crippen MR) is 76.6 cm³/mol. The van der Waals surface area contributed by atoms with Gasteiger partial charge in [0.1, 0.15) is 0 Å². The van der Waals surface area contributed by atoms with Gasteiger partial charge in [-0.3, -0.25) is 9.78 Å². The second-order valence-corrected chi connectivity index (χ2v) is 5.43. The number of ketones is 1. The monoisotopic (exact) mass is 268 g/mol. The fourth-order valence-corrected chi connectivity index (χ4v) is 2.62. The molecule has 2 aromatic heterocycles. The number of Topliss-reactive ketones (excluding diaryl/α,β-unsaturated/α-hetero) is 1. The van der Waals surface area contributed by atoms with Crippen molar-refractivity contribution in [2.75, 3.05) is 0 Å². The summed E-state index contributed by atoms with van der Waals surface area (Å²) in [5, 5.41) is 3.92. The number of carbonyl (C=O) groups is 1. The number of nitrogens with zero attached hydrogens (tertiary/aromatic N) is 2. The standard InChI is InChI=1S/C15H12N2OS/c1-10-17-13(9-19-10)8-15(18)12-4-5-14-11(7-12)3-2-6-16-14/h2-7,9H,8H2,1H3. The van der Waals surface area contributed by atoms with E-state index in [1.54, 1.807) is 17.5 Å². The molecule has 0 aliphatic heterocycles. The molecule has 0 atom stereocenters. The molecule has 3 nitrogen and oxygen atoms in total. The fourth-order valence-electron chi connectivity index (χ4n) is 2.01. The zero-order valence-corrected chi connectivity index (χ0v) is 11.3. The Hall–Kier alpha value is -2.07. The minimum Gasteiger partial charge on any atom is -0.294 e. The largest absolute Gasteiger partial charge is 0.294 e. The van der Waals surface area contributed by atoms with Crippen LogP contribution < -0.4 is 0 Å². The van der Waals surface area contributed by atoms with Crippen molar-refractivity contribution in [1.29, 1.82) is 0 Å². The minimum atomic E-state index is 0.0936. The molecule has 0 saturated heterocycles. The molecule has 4 heteroatoms. The summed E-state index contributed by atoms with van der Waals surface area (Å²) in [6.07, 6.45) is 2.11. The van der Waals surface area contributed by atoms with Gasteiger partial charge < -0.3 is 0 Å². The van der Waals surface area contributed by atoms with Gasteiger partial charge in [0.25, 0.3) is 0 Å². The predicted octanol–water partition coefficient (Wildman–Crippen LogP) is 3.43. The molecule has 3 rings (SSSR count). The summed E-state index contributed by atoms with van der Waals surface area (Å²) < 4.78 is 0. The number of rotatable bonds is 3. The van der Waals surface area contributed by atoms with Gasteiger partial charge in [-0.1, -0.05) is 6.07 Å². The van der Waals surface area contributed by atoms with Crippen LogP contribution in [0.4, 0.5) is 0 Å². The molecule has 94 valence electrons. The molecule has 2 heterocycles. The maximum absolute atomic E-state index is 12.2. The summed E-state index contributed by atoms with van der Waals surface area (Å²) in [6, 6.07) is 9.45. The van der Waals surface area contributed by atoms with Crippen LogP contribution in [-0.4, -0.2) is 15.8 Å². The van der Waals surface area contributed by atoms with Crippen molar-refractivity contribution in [2.45, 2.75) is 13.3 Å². The van der Waals surface area contributed by atoms with Crippen molar-refractivity contribution in [1.82, 2.24) is 9.97 Å². The molecule has 0 spiro atoms. The van der Waals surface area contributed by atoms with Crippen LogP contribution in [0.2, 0.25) is 0 Å². The Balaban J connectivity index is 1.89. The van der Waals surface area contributed by atoms with Gasteiger partial charge in [0, 0.05) is 22.5 Å². The SMILES string of the molecule is Cc1nc(CC(=O)c2ccc3ncccc3c2)cs1. The number of thiazole rings is 1. The van der Waals surface area contributed by atoms with Crippen molar-refractivity contribution in [2.24, 2.45) is 0 Å². The zero-order valence-electron chi connectivity index (χ0n) is 10.5. The normalized spacial score (nSPS) is 10.8. The summed E-state index contributed by atoms with van der Waals surface area (Å²) in [4.78, 5) is 20.8. The Labute approximate surface area is 115 Å². The molecule has 0 unspecified atom stereocenters. The molecule has 0 bridgehead atoms. The van der Waals surface area contributed by atoms with E-state index in [1.165, 1.54) is 0 Å². The number of aromatic nitrogens is 2. The Bertz CT molecular complexity index is 748. The number of aryl methyl sites for hydroxylation is 1. The summed E-state index contributed by atoms with van der Waals surface area (Å²) >= 11 is 1.57. The van der Waals surface area contributed by atoms with E-state index in [1.807, 2.05) is 42.6 Å². The average molecular weight is 268 g/mol. The molecule has 0 aliphatic carbocycles. The third-order valence-electron chi connectivity index (χ3n) is 2.93. The van der Waals surface area contributed by atoms with E-state index < -0.39 is 0 Å². The van der Waals surface area contributed by atoms with Gasteiger partial charge >= 0.3 is 0 Å². The molecule has 0 aliphatic rings. The van der Waals surface area contributed by atoms with Gasteiger partial charge in [-0.25, -0.2) is 4.98 Å². The van der Waals surface area contributed by atoms with Gasteiger partial charge in [0.05, 0.1) is 22.6 Å². The van der Waals surface area contributed by atoms with Gasteiger partial charge in [0.2, 0.25) is 0 Å².